The van der Waals surface area contributed by atoms with Gasteiger partial charge in [-0.05, 0) is 50.9 Å². The minimum atomic E-state index is -0.803. The number of aliphatic hydroxyl groups excluding tert-OH is 2. The van der Waals surface area contributed by atoms with Crippen molar-refractivity contribution in [3.05, 3.63) is 48.6 Å². The van der Waals surface area contributed by atoms with Crippen LogP contribution in [0.1, 0.15) is 162 Å². The van der Waals surface area contributed by atoms with E-state index in [0.717, 1.165) is 70.1 Å². The van der Waals surface area contributed by atoms with Crippen molar-refractivity contribution in [2.75, 3.05) is 13.2 Å². The summed E-state index contributed by atoms with van der Waals surface area (Å²) >= 11 is 0. The predicted octanol–water partition coefficient (Wildman–Crippen LogP) is 10.3. The summed E-state index contributed by atoms with van der Waals surface area (Å²) < 4.78 is 10.5. The van der Waals surface area contributed by atoms with E-state index in [1.165, 1.54) is 57.8 Å². The lowest BCUT2D eigenvalue weighted by atomic mass is 10.0. The number of esters is 2. The van der Waals surface area contributed by atoms with E-state index >= 15 is 0 Å². The Hall–Kier alpha value is -2.18. The molecule has 0 aromatic carbocycles. The zero-order valence-corrected chi connectivity index (χ0v) is 29.8. The van der Waals surface area contributed by atoms with Crippen LogP contribution in [-0.4, -0.2) is 47.6 Å². The van der Waals surface area contributed by atoms with Crippen molar-refractivity contribution in [3.63, 3.8) is 0 Å². The lowest BCUT2D eigenvalue weighted by Crippen LogP contribution is -2.28. The summed E-state index contributed by atoms with van der Waals surface area (Å²) in [6.45, 7) is 6.25. The Morgan fingerprint density at radius 3 is 1.72 bits per heavy atom. The van der Waals surface area contributed by atoms with Gasteiger partial charge in [0.2, 0.25) is 0 Å². The number of aliphatic hydroxyl groups is 2. The Bertz CT molecular complexity index is 813. The molecule has 0 spiro atoms. The molecule has 0 amide bonds. The highest BCUT2D eigenvalue weighted by atomic mass is 16.6. The Morgan fingerprint density at radius 2 is 1.15 bits per heavy atom. The maximum absolute atomic E-state index is 12.1. The van der Waals surface area contributed by atoms with E-state index in [9.17, 15) is 19.8 Å². The number of ether oxygens (including phenoxy) is 2. The molecule has 0 unspecified atom stereocenters. The molecule has 0 rings (SSSR count). The van der Waals surface area contributed by atoms with E-state index in [1.54, 1.807) is 0 Å². The second-order valence-electron chi connectivity index (χ2n) is 13.0. The van der Waals surface area contributed by atoms with Crippen molar-refractivity contribution >= 4 is 11.9 Å². The van der Waals surface area contributed by atoms with Gasteiger partial charge in [-0.15, -0.1) is 0 Å². The smallest absolute Gasteiger partial charge is 0.306 e. The van der Waals surface area contributed by atoms with Gasteiger partial charge in [0, 0.05) is 12.8 Å². The Kier molecular flexibility index (Phi) is 32.5. The molecule has 0 aliphatic rings. The quantitative estimate of drug-likeness (QED) is 0.0429. The van der Waals surface area contributed by atoms with Gasteiger partial charge in [-0.1, -0.05) is 153 Å². The molecule has 0 saturated heterocycles. The number of hydrogen-bond acceptors (Lipinski definition) is 6. The van der Waals surface area contributed by atoms with Gasteiger partial charge >= 0.3 is 11.9 Å². The van der Waals surface area contributed by atoms with Crippen LogP contribution >= 0.6 is 0 Å². The van der Waals surface area contributed by atoms with Crippen LogP contribution in [0.3, 0.4) is 0 Å². The second-order valence-corrected chi connectivity index (χ2v) is 13.0. The van der Waals surface area contributed by atoms with Crippen molar-refractivity contribution in [1.82, 2.24) is 0 Å². The molecular weight excluding hydrogens is 576 g/mol. The number of carbonyl (C=O) groups excluding carboxylic acids is 2. The molecule has 6 nitrogen and oxygen atoms in total. The summed E-state index contributed by atoms with van der Waals surface area (Å²) in [6, 6.07) is 0. The normalized spacial score (nSPS) is 13.5. The summed E-state index contributed by atoms with van der Waals surface area (Å²) in [4.78, 5) is 24.2. The summed E-state index contributed by atoms with van der Waals surface area (Å²) in [7, 11) is 0. The first-order valence-corrected chi connectivity index (χ1v) is 18.6. The van der Waals surface area contributed by atoms with Crippen LogP contribution in [0.15, 0.2) is 48.6 Å². The second kappa shape index (κ2) is 34.2. The number of hydrogen-bond donors (Lipinski definition) is 2. The van der Waals surface area contributed by atoms with Crippen molar-refractivity contribution < 1.29 is 29.3 Å². The SMILES string of the molecule is CCCC[C@H](O)/C=C\C/C=C\C/C=C\C/C=C\CCCC(=O)OC[C@H](CO)OC(=O)CCCCCCCCCCCCCC(C)C. The van der Waals surface area contributed by atoms with Crippen molar-refractivity contribution in [2.24, 2.45) is 5.92 Å². The summed E-state index contributed by atoms with van der Waals surface area (Å²) in [5.74, 6) is 0.145. The fourth-order valence-electron chi connectivity index (χ4n) is 4.98. The molecule has 0 saturated carbocycles. The predicted molar refractivity (Wildman–Crippen MR) is 193 cm³/mol. The van der Waals surface area contributed by atoms with Crippen LogP contribution in [0.5, 0.6) is 0 Å². The van der Waals surface area contributed by atoms with E-state index in [-0.39, 0.29) is 31.3 Å². The number of carbonyl (C=O) groups is 2. The minimum Gasteiger partial charge on any atom is -0.462 e. The molecule has 0 aromatic rings. The summed E-state index contributed by atoms with van der Waals surface area (Å²) in [5, 5.41) is 19.3. The third-order valence-electron chi connectivity index (χ3n) is 7.87. The fraction of sp³-hybridized carbons (Fsp3) is 0.750. The minimum absolute atomic E-state index is 0.106. The van der Waals surface area contributed by atoms with Crippen molar-refractivity contribution in [1.29, 1.82) is 0 Å². The molecule has 266 valence electrons. The third-order valence-corrected chi connectivity index (χ3v) is 7.87. The molecular formula is C40H70O6. The van der Waals surface area contributed by atoms with Gasteiger partial charge in [0.1, 0.15) is 6.61 Å². The average Bonchev–Trinajstić information content (AvgIpc) is 3.04. The molecule has 0 fully saturated rings. The highest BCUT2D eigenvalue weighted by molar-refractivity contribution is 5.70. The third kappa shape index (κ3) is 33.2. The molecule has 46 heavy (non-hydrogen) atoms. The number of allylic oxidation sites excluding steroid dienone is 7. The van der Waals surface area contributed by atoms with Crippen LogP contribution in [-0.2, 0) is 19.1 Å². The standard InChI is InChI=1S/C40H70O6/c1-4-5-30-37(42)31-26-22-18-14-10-6-7-11-15-19-23-27-32-39(43)45-35-38(34-41)46-40(44)33-28-24-20-16-12-8-9-13-17-21-25-29-36(2)3/h6-7,14-15,18-19,26,31,36-38,41-42H,4-5,8-13,16-17,20-25,27-30,32-35H2,1-3H3/b7-6-,18-14-,19-15-,31-26-/t37-,38-/m0/s1. The average molecular weight is 647 g/mol. The first kappa shape index (κ1) is 43.8. The van der Waals surface area contributed by atoms with E-state index < -0.39 is 6.10 Å². The first-order valence-electron chi connectivity index (χ1n) is 18.6. The molecule has 0 aliphatic heterocycles. The topological polar surface area (TPSA) is 93.1 Å². The van der Waals surface area contributed by atoms with Crippen LogP contribution in [0.25, 0.3) is 0 Å². The maximum Gasteiger partial charge on any atom is 0.306 e. The van der Waals surface area contributed by atoms with Gasteiger partial charge in [0.15, 0.2) is 6.10 Å². The van der Waals surface area contributed by atoms with Gasteiger partial charge < -0.3 is 19.7 Å². The summed E-state index contributed by atoms with van der Waals surface area (Å²) in [6.07, 6.45) is 37.9. The van der Waals surface area contributed by atoms with Gasteiger partial charge in [-0.3, -0.25) is 9.59 Å². The maximum atomic E-state index is 12.1. The Labute approximate surface area is 282 Å². The largest absolute Gasteiger partial charge is 0.462 e. The van der Waals surface area contributed by atoms with Crippen molar-refractivity contribution in [2.45, 2.75) is 174 Å². The lowest BCUT2D eigenvalue weighted by Gasteiger charge is -2.15. The van der Waals surface area contributed by atoms with E-state index in [2.05, 4.69) is 57.2 Å². The van der Waals surface area contributed by atoms with Crippen LogP contribution in [0, 0.1) is 5.92 Å². The molecule has 2 atom stereocenters. The lowest BCUT2D eigenvalue weighted by molar-refractivity contribution is -0.161. The van der Waals surface area contributed by atoms with E-state index in [0.29, 0.717) is 19.3 Å². The van der Waals surface area contributed by atoms with Crippen LogP contribution in [0.2, 0.25) is 0 Å². The molecule has 0 radical (unpaired) electrons. The van der Waals surface area contributed by atoms with Crippen molar-refractivity contribution in [3.8, 4) is 0 Å². The van der Waals surface area contributed by atoms with Gasteiger partial charge in [-0.2, -0.15) is 0 Å². The Morgan fingerprint density at radius 1 is 0.630 bits per heavy atom. The van der Waals surface area contributed by atoms with E-state index in [1.807, 2.05) is 12.2 Å². The summed E-state index contributed by atoms with van der Waals surface area (Å²) in [5.41, 5.74) is 0. The molecule has 2 N–H and O–H groups in total. The van der Waals surface area contributed by atoms with Gasteiger partial charge in [0.25, 0.3) is 0 Å². The molecule has 6 heteroatoms. The molecule has 0 bridgehead atoms. The highest BCUT2D eigenvalue weighted by Crippen LogP contribution is 2.14. The van der Waals surface area contributed by atoms with Crippen LogP contribution < -0.4 is 0 Å². The zero-order valence-electron chi connectivity index (χ0n) is 29.8. The van der Waals surface area contributed by atoms with Crippen LogP contribution in [0.4, 0.5) is 0 Å². The fourth-order valence-corrected chi connectivity index (χ4v) is 4.98. The van der Waals surface area contributed by atoms with Gasteiger partial charge in [-0.25, -0.2) is 0 Å². The first-order chi connectivity index (χ1) is 22.4. The number of rotatable bonds is 32. The van der Waals surface area contributed by atoms with E-state index in [4.69, 9.17) is 9.47 Å². The molecule has 0 heterocycles. The zero-order chi connectivity index (χ0) is 33.9. The molecule has 0 aliphatic carbocycles. The highest BCUT2D eigenvalue weighted by Gasteiger charge is 2.16. The Balaban J connectivity index is 3.71. The number of unbranched alkanes of at least 4 members (excludes halogenated alkanes) is 12. The monoisotopic (exact) mass is 647 g/mol. The van der Waals surface area contributed by atoms with Gasteiger partial charge in [0.05, 0.1) is 12.7 Å². The molecule has 0 aromatic heterocycles.